The van der Waals surface area contributed by atoms with E-state index in [9.17, 15) is 14.7 Å². The number of rotatable bonds is 5. The molecule has 4 heteroatoms. The number of ketones is 1. The number of nitrogens with zero attached hydrogens (tertiary/aromatic N) is 1. The van der Waals surface area contributed by atoms with Crippen molar-refractivity contribution < 1.29 is 14.7 Å². The van der Waals surface area contributed by atoms with Crippen molar-refractivity contribution in [2.75, 3.05) is 4.90 Å². The minimum Gasteiger partial charge on any atom is -0.375 e. The van der Waals surface area contributed by atoms with E-state index in [1.807, 2.05) is 48.5 Å². The molecule has 1 heterocycles. The molecule has 28 heavy (non-hydrogen) atoms. The van der Waals surface area contributed by atoms with E-state index < -0.39 is 17.4 Å². The summed E-state index contributed by atoms with van der Waals surface area (Å²) in [5.74, 6) is -1.63. The quantitative estimate of drug-likeness (QED) is 0.691. The summed E-state index contributed by atoms with van der Waals surface area (Å²) in [6.45, 7) is 1.96. The standard InChI is InChI=1S/C24H21NO3/c1-17(22(26)19-12-6-3-7-13-19)24(28)20-14-8-9-15-21(20)25(23(24)27)16-18-10-4-2-5-11-18/h2-15,17,28H,16H2,1H3/t17-,24+/m1/s1. The number of fused-ring (bicyclic) bond motifs is 1. The number of hydrogen-bond acceptors (Lipinski definition) is 3. The van der Waals surface area contributed by atoms with Crippen LogP contribution in [-0.4, -0.2) is 16.8 Å². The first kappa shape index (κ1) is 18.1. The minimum atomic E-state index is -1.89. The molecule has 140 valence electrons. The molecule has 0 saturated carbocycles. The van der Waals surface area contributed by atoms with Gasteiger partial charge in [-0.15, -0.1) is 0 Å². The zero-order valence-corrected chi connectivity index (χ0v) is 15.6. The highest BCUT2D eigenvalue weighted by atomic mass is 16.3. The lowest BCUT2D eigenvalue weighted by Gasteiger charge is -2.28. The molecule has 1 amide bonds. The van der Waals surface area contributed by atoms with Gasteiger partial charge in [0.25, 0.3) is 5.91 Å². The van der Waals surface area contributed by atoms with E-state index in [4.69, 9.17) is 0 Å². The first-order valence-electron chi connectivity index (χ1n) is 9.30. The van der Waals surface area contributed by atoms with Crippen LogP contribution in [0.25, 0.3) is 0 Å². The lowest BCUT2D eigenvalue weighted by molar-refractivity contribution is -0.139. The number of aliphatic hydroxyl groups is 1. The Kier molecular flexibility index (Phi) is 4.57. The summed E-state index contributed by atoms with van der Waals surface area (Å²) in [6.07, 6.45) is 0. The number of hydrogen-bond donors (Lipinski definition) is 1. The van der Waals surface area contributed by atoms with Crippen molar-refractivity contribution in [2.24, 2.45) is 5.92 Å². The maximum Gasteiger partial charge on any atom is 0.264 e. The highest BCUT2D eigenvalue weighted by Gasteiger charge is 2.55. The zero-order valence-electron chi connectivity index (χ0n) is 15.6. The molecular weight excluding hydrogens is 350 g/mol. The Bertz CT molecular complexity index is 1020. The first-order chi connectivity index (χ1) is 13.5. The van der Waals surface area contributed by atoms with Crippen LogP contribution in [0, 0.1) is 5.92 Å². The van der Waals surface area contributed by atoms with E-state index in [0.717, 1.165) is 5.56 Å². The lowest BCUT2D eigenvalue weighted by Crippen LogP contribution is -2.47. The molecular formula is C24H21NO3. The Labute approximate surface area is 164 Å². The Hall–Kier alpha value is -3.24. The monoisotopic (exact) mass is 371 g/mol. The molecule has 1 N–H and O–H groups in total. The number of Topliss-reactive ketones (excluding diaryl/α,β-unsaturated/α-hetero) is 1. The molecule has 1 aliphatic rings. The lowest BCUT2D eigenvalue weighted by atomic mass is 9.79. The van der Waals surface area contributed by atoms with Crippen LogP contribution in [0.4, 0.5) is 5.69 Å². The molecule has 0 unspecified atom stereocenters. The van der Waals surface area contributed by atoms with Crippen molar-refractivity contribution in [3.8, 4) is 0 Å². The number of para-hydroxylation sites is 1. The van der Waals surface area contributed by atoms with Crippen molar-refractivity contribution in [1.82, 2.24) is 0 Å². The van der Waals surface area contributed by atoms with Crippen molar-refractivity contribution in [2.45, 2.75) is 19.1 Å². The van der Waals surface area contributed by atoms with E-state index in [-0.39, 0.29) is 5.78 Å². The van der Waals surface area contributed by atoms with E-state index in [0.29, 0.717) is 23.4 Å². The third kappa shape index (κ3) is 2.83. The molecule has 0 spiro atoms. The largest absolute Gasteiger partial charge is 0.375 e. The van der Waals surface area contributed by atoms with Gasteiger partial charge in [-0.05, 0) is 11.6 Å². The Morgan fingerprint density at radius 3 is 2.18 bits per heavy atom. The predicted octanol–water partition coefficient (Wildman–Crippen LogP) is 3.94. The smallest absolute Gasteiger partial charge is 0.264 e. The third-order valence-electron chi connectivity index (χ3n) is 5.44. The van der Waals surface area contributed by atoms with Crippen LogP contribution in [0.3, 0.4) is 0 Å². The third-order valence-corrected chi connectivity index (χ3v) is 5.44. The summed E-state index contributed by atoms with van der Waals surface area (Å²) in [5, 5.41) is 11.5. The summed E-state index contributed by atoms with van der Waals surface area (Å²) >= 11 is 0. The van der Waals surface area contributed by atoms with E-state index in [2.05, 4.69) is 0 Å². The average Bonchev–Trinajstić information content (AvgIpc) is 2.97. The highest BCUT2D eigenvalue weighted by Crippen LogP contribution is 2.46. The van der Waals surface area contributed by atoms with Crippen molar-refractivity contribution >= 4 is 17.4 Å². The Balaban J connectivity index is 1.74. The molecule has 3 aromatic rings. The van der Waals surface area contributed by atoms with Gasteiger partial charge in [0.15, 0.2) is 11.4 Å². The second-order valence-corrected chi connectivity index (χ2v) is 7.11. The van der Waals surface area contributed by atoms with Crippen LogP contribution in [0.1, 0.15) is 28.4 Å². The van der Waals surface area contributed by atoms with Crippen LogP contribution in [0.2, 0.25) is 0 Å². The second kappa shape index (κ2) is 7.06. The summed E-state index contributed by atoms with van der Waals surface area (Å²) in [7, 11) is 0. The maximum absolute atomic E-state index is 13.4. The van der Waals surface area contributed by atoms with Gasteiger partial charge in [-0.3, -0.25) is 9.59 Å². The van der Waals surface area contributed by atoms with Gasteiger partial charge in [0.1, 0.15) is 0 Å². The molecule has 0 saturated heterocycles. The van der Waals surface area contributed by atoms with E-state index in [1.165, 1.54) is 0 Å². The molecule has 0 radical (unpaired) electrons. The van der Waals surface area contributed by atoms with Gasteiger partial charge in [-0.1, -0.05) is 85.8 Å². The van der Waals surface area contributed by atoms with Gasteiger partial charge in [0.05, 0.1) is 18.2 Å². The van der Waals surface area contributed by atoms with Gasteiger partial charge >= 0.3 is 0 Å². The fraction of sp³-hybridized carbons (Fsp3) is 0.167. The van der Waals surface area contributed by atoms with Crippen molar-refractivity contribution in [3.63, 3.8) is 0 Å². The summed E-state index contributed by atoms with van der Waals surface area (Å²) in [6, 6.07) is 25.6. The van der Waals surface area contributed by atoms with Gasteiger partial charge in [0, 0.05) is 11.1 Å². The average molecular weight is 371 g/mol. The molecule has 4 nitrogen and oxygen atoms in total. The Morgan fingerprint density at radius 1 is 0.929 bits per heavy atom. The van der Waals surface area contributed by atoms with Gasteiger partial charge < -0.3 is 10.0 Å². The molecule has 0 fully saturated rings. The van der Waals surface area contributed by atoms with Crippen molar-refractivity contribution in [1.29, 1.82) is 0 Å². The van der Waals surface area contributed by atoms with Crippen LogP contribution in [0.5, 0.6) is 0 Å². The predicted molar refractivity (Wildman–Crippen MR) is 108 cm³/mol. The zero-order chi connectivity index (χ0) is 19.7. The van der Waals surface area contributed by atoms with Gasteiger partial charge in [0.2, 0.25) is 0 Å². The molecule has 2 atom stereocenters. The van der Waals surface area contributed by atoms with Crippen LogP contribution >= 0.6 is 0 Å². The second-order valence-electron chi connectivity index (χ2n) is 7.11. The summed E-state index contributed by atoms with van der Waals surface area (Å²) < 4.78 is 0. The van der Waals surface area contributed by atoms with E-state index >= 15 is 0 Å². The fourth-order valence-corrected chi connectivity index (χ4v) is 3.85. The molecule has 0 bridgehead atoms. The normalized spacial score (nSPS) is 19.4. The van der Waals surface area contributed by atoms with Crippen LogP contribution in [0.15, 0.2) is 84.9 Å². The van der Waals surface area contributed by atoms with Crippen molar-refractivity contribution in [3.05, 3.63) is 102 Å². The van der Waals surface area contributed by atoms with Crippen LogP contribution < -0.4 is 4.90 Å². The minimum absolute atomic E-state index is 0.257. The number of carbonyl (C=O) groups excluding carboxylic acids is 2. The number of carbonyl (C=O) groups is 2. The number of benzene rings is 3. The summed E-state index contributed by atoms with van der Waals surface area (Å²) in [5.41, 5.74) is 0.671. The molecule has 0 aliphatic carbocycles. The molecule has 1 aliphatic heterocycles. The molecule has 3 aromatic carbocycles. The van der Waals surface area contributed by atoms with Crippen LogP contribution in [-0.2, 0) is 16.9 Å². The van der Waals surface area contributed by atoms with Gasteiger partial charge in [-0.2, -0.15) is 0 Å². The number of anilines is 1. The van der Waals surface area contributed by atoms with E-state index in [1.54, 1.807) is 48.2 Å². The highest BCUT2D eigenvalue weighted by molar-refractivity contribution is 6.11. The van der Waals surface area contributed by atoms with Gasteiger partial charge in [-0.25, -0.2) is 0 Å². The number of amides is 1. The SMILES string of the molecule is C[C@H](C(=O)c1ccccc1)[C@@]1(O)C(=O)N(Cc2ccccc2)c2ccccc21. The first-order valence-corrected chi connectivity index (χ1v) is 9.30. The summed E-state index contributed by atoms with van der Waals surface area (Å²) in [4.78, 5) is 28.0. The topological polar surface area (TPSA) is 57.6 Å². The Morgan fingerprint density at radius 2 is 1.50 bits per heavy atom. The molecule has 0 aromatic heterocycles. The molecule has 4 rings (SSSR count). The maximum atomic E-state index is 13.4. The fourth-order valence-electron chi connectivity index (χ4n) is 3.85.